The maximum absolute atomic E-state index is 12.9. The smallest absolute Gasteiger partial charge is 0.242 e. The summed E-state index contributed by atoms with van der Waals surface area (Å²) in [6.45, 7) is 3.24. The summed E-state index contributed by atoms with van der Waals surface area (Å²) in [6.07, 6.45) is 2.14. The van der Waals surface area contributed by atoms with Crippen LogP contribution in [0.3, 0.4) is 0 Å². The number of carbonyl (C=O) groups excluding carboxylic acids is 2. The lowest BCUT2D eigenvalue weighted by Crippen LogP contribution is -2.52. The first-order valence-electron chi connectivity index (χ1n) is 10.5. The minimum atomic E-state index is -0.286. The zero-order chi connectivity index (χ0) is 20.9. The normalized spacial score (nSPS) is 18.6. The SMILES string of the molecule is O=C(CN1CCN(C(C(=O)NC2CC2)c2ccccc2)CC1)Nc1ccccc1Cl. The van der Waals surface area contributed by atoms with Crippen LogP contribution in [0.5, 0.6) is 0 Å². The average Bonchev–Trinajstić information content (AvgIpc) is 3.56. The van der Waals surface area contributed by atoms with E-state index in [0.29, 0.717) is 23.3 Å². The van der Waals surface area contributed by atoms with E-state index in [2.05, 4.69) is 20.4 Å². The molecule has 1 aliphatic heterocycles. The molecule has 2 aromatic carbocycles. The van der Waals surface area contributed by atoms with Gasteiger partial charge in [0.15, 0.2) is 0 Å². The fourth-order valence-corrected chi connectivity index (χ4v) is 3.99. The van der Waals surface area contributed by atoms with Crippen LogP contribution >= 0.6 is 11.6 Å². The minimum Gasteiger partial charge on any atom is -0.352 e. The molecule has 2 aromatic rings. The second kappa shape index (κ2) is 9.60. The lowest BCUT2D eigenvalue weighted by atomic mass is 10.0. The summed E-state index contributed by atoms with van der Waals surface area (Å²) in [6, 6.07) is 17.2. The largest absolute Gasteiger partial charge is 0.352 e. The van der Waals surface area contributed by atoms with E-state index in [1.54, 1.807) is 12.1 Å². The summed E-state index contributed by atoms with van der Waals surface area (Å²) in [7, 11) is 0. The van der Waals surface area contributed by atoms with Gasteiger partial charge >= 0.3 is 0 Å². The van der Waals surface area contributed by atoms with Crippen molar-refractivity contribution in [3.8, 4) is 0 Å². The molecule has 2 aliphatic rings. The number of nitrogens with one attached hydrogen (secondary N) is 2. The van der Waals surface area contributed by atoms with Gasteiger partial charge in [0.25, 0.3) is 0 Å². The highest BCUT2D eigenvalue weighted by Crippen LogP contribution is 2.26. The van der Waals surface area contributed by atoms with Crippen molar-refractivity contribution in [2.45, 2.75) is 24.9 Å². The lowest BCUT2D eigenvalue weighted by Gasteiger charge is -2.38. The number of carbonyl (C=O) groups is 2. The topological polar surface area (TPSA) is 64.7 Å². The van der Waals surface area contributed by atoms with Crippen LogP contribution in [0, 0.1) is 0 Å². The molecule has 158 valence electrons. The number of hydrogen-bond acceptors (Lipinski definition) is 4. The second-order valence-corrected chi connectivity index (χ2v) is 8.34. The van der Waals surface area contributed by atoms with E-state index in [9.17, 15) is 9.59 Å². The molecule has 0 spiro atoms. The summed E-state index contributed by atoms with van der Waals surface area (Å²) in [5.41, 5.74) is 1.64. The van der Waals surface area contributed by atoms with Crippen LogP contribution in [-0.2, 0) is 9.59 Å². The highest BCUT2D eigenvalue weighted by molar-refractivity contribution is 6.33. The van der Waals surface area contributed by atoms with Crippen LogP contribution in [0.1, 0.15) is 24.4 Å². The molecule has 2 N–H and O–H groups in total. The molecule has 30 heavy (non-hydrogen) atoms. The van der Waals surface area contributed by atoms with Crippen molar-refractivity contribution in [3.63, 3.8) is 0 Å². The zero-order valence-corrected chi connectivity index (χ0v) is 17.6. The molecule has 1 aliphatic carbocycles. The number of halogens is 1. The van der Waals surface area contributed by atoms with E-state index >= 15 is 0 Å². The molecular weight excluding hydrogens is 400 g/mol. The Hall–Kier alpha value is -2.41. The van der Waals surface area contributed by atoms with Crippen molar-refractivity contribution >= 4 is 29.1 Å². The molecule has 1 atom stereocenters. The van der Waals surface area contributed by atoms with Crippen LogP contribution in [0.2, 0.25) is 5.02 Å². The molecular formula is C23H27ClN4O2. The first-order valence-corrected chi connectivity index (χ1v) is 10.8. The molecule has 6 nitrogen and oxygen atoms in total. The third-order valence-corrected chi connectivity index (χ3v) is 5.90. The summed E-state index contributed by atoms with van der Waals surface area (Å²) in [4.78, 5) is 29.7. The van der Waals surface area contributed by atoms with Gasteiger partial charge in [0.1, 0.15) is 6.04 Å². The van der Waals surface area contributed by atoms with Crippen molar-refractivity contribution in [2.24, 2.45) is 0 Å². The third-order valence-electron chi connectivity index (χ3n) is 5.57. The maximum atomic E-state index is 12.9. The van der Waals surface area contributed by atoms with Gasteiger partial charge in [-0.2, -0.15) is 0 Å². The first-order chi connectivity index (χ1) is 14.6. The van der Waals surface area contributed by atoms with Gasteiger partial charge in [0.05, 0.1) is 17.3 Å². The highest BCUT2D eigenvalue weighted by Gasteiger charge is 2.33. The van der Waals surface area contributed by atoms with Gasteiger partial charge < -0.3 is 10.6 Å². The standard InChI is InChI=1S/C23H27ClN4O2/c24-19-8-4-5-9-20(19)26-21(29)16-27-12-14-28(15-13-27)22(17-6-2-1-3-7-17)23(30)25-18-10-11-18/h1-9,18,22H,10-16H2,(H,25,30)(H,26,29). The molecule has 1 saturated heterocycles. The van der Waals surface area contributed by atoms with E-state index < -0.39 is 0 Å². The molecule has 0 aromatic heterocycles. The van der Waals surface area contributed by atoms with Crippen molar-refractivity contribution < 1.29 is 9.59 Å². The quantitative estimate of drug-likeness (QED) is 0.714. The zero-order valence-electron chi connectivity index (χ0n) is 16.9. The Morgan fingerprint density at radius 3 is 2.30 bits per heavy atom. The van der Waals surface area contributed by atoms with Gasteiger partial charge in [-0.05, 0) is 30.5 Å². The Morgan fingerprint density at radius 2 is 1.63 bits per heavy atom. The van der Waals surface area contributed by atoms with E-state index in [0.717, 1.165) is 44.6 Å². The average molecular weight is 427 g/mol. The third kappa shape index (κ3) is 5.39. The molecule has 1 saturated carbocycles. The van der Waals surface area contributed by atoms with Gasteiger partial charge in [-0.3, -0.25) is 19.4 Å². The van der Waals surface area contributed by atoms with E-state index in [1.165, 1.54) is 0 Å². The molecule has 4 rings (SSSR count). The van der Waals surface area contributed by atoms with Crippen LogP contribution < -0.4 is 10.6 Å². The molecule has 2 amide bonds. The van der Waals surface area contributed by atoms with Crippen molar-refractivity contribution in [1.29, 1.82) is 0 Å². The molecule has 2 fully saturated rings. The molecule has 0 bridgehead atoms. The summed E-state index contributed by atoms with van der Waals surface area (Å²) in [5.74, 6) is -0.00347. The van der Waals surface area contributed by atoms with Crippen LogP contribution in [-0.4, -0.2) is 60.4 Å². The monoisotopic (exact) mass is 426 g/mol. The Morgan fingerprint density at radius 1 is 0.967 bits per heavy atom. The molecule has 0 radical (unpaired) electrons. The molecule has 7 heteroatoms. The van der Waals surface area contributed by atoms with E-state index in [4.69, 9.17) is 11.6 Å². The predicted octanol–water partition coefficient (Wildman–Crippen LogP) is 2.92. The predicted molar refractivity (Wildman–Crippen MR) is 118 cm³/mol. The second-order valence-electron chi connectivity index (χ2n) is 7.94. The minimum absolute atomic E-state index is 0.0774. The molecule has 1 heterocycles. The number of nitrogens with zero attached hydrogens (tertiary/aromatic N) is 2. The Bertz CT molecular complexity index is 880. The van der Waals surface area contributed by atoms with Crippen molar-refractivity contribution in [2.75, 3.05) is 38.0 Å². The van der Waals surface area contributed by atoms with Gasteiger partial charge in [-0.15, -0.1) is 0 Å². The summed E-state index contributed by atoms with van der Waals surface area (Å²) in [5, 5.41) is 6.56. The van der Waals surface area contributed by atoms with Gasteiger partial charge in [-0.25, -0.2) is 0 Å². The van der Waals surface area contributed by atoms with Gasteiger partial charge in [-0.1, -0.05) is 54.1 Å². The van der Waals surface area contributed by atoms with E-state index in [-0.39, 0.29) is 17.9 Å². The van der Waals surface area contributed by atoms with Crippen LogP contribution in [0.15, 0.2) is 54.6 Å². The fourth-order valence-electron chi connectivity index (χ4n) is 3.81. The number of hydrogen-bond donors (Lipinski definition) is 2. The van der Waals surface area contributed by atoms with Crippen molar-refractivity contribution in [3.05, 3.63) is 65.2 Å². The maximum Gasteiger partial charge on any atom is 0.242 e. The lowest BCUT2D eigenvalue weighted by molar-refractivity contribution is -0.128. The molecule has 1 unspecified atom stereocenters. The van der Waals surface area contributed by atoms with Crippen LogP contribution in [0.25, 0.3) is 0 Å². The van der Waals surface area contributed by atoms with E-state index in [1.807, 2.05) is 42.5 Å². The number of anilines is 1. The van der Waals surface area contributed by atoms with Gasteiger partial charge in [0, 0.05) is 32.2 Å². The first kappa shape index (κ1) is 20.8. The highest BCUT2D eigenvalue weighted by atomic mass is 35.5. The summed E-state index contributed by atoms with van der Waals surface area (Å²) < 4.78 is 0. The Kier molecular flexibility index (Phi) is 6.67. The fraction of sp³-hybridized carbons (Fsp3) is 0.391. The number of benzene rings is 2. The number of para-hydroxylation sites is 1. The van der Waals surface area contributed by atoms with Gasteiger partial charge in [0.2, 0.25) is 11.8 Å². The van der Waals surface area contributed by atoms with Crippen molar-refractivity contribution in [1.82, 2.24) is 15.1 Å². The number of piperazine rings is 1. The number of rotatable bonds is 7. The number of amides is 2. The van der Waals surface area contributed by atoms with Crippen LogP contribution in [0.4, 0.5) is 5.69 Å². The summed E-state index contributed by atoms with van der Waals surface area (Å²) >= 11 is 6.12. The Balaban J connectivity index is 1.34. The Labute approximate surface area is 182 Å².